The van der Waals surface area contributed by atoms with Crippen molar-refractivity contribution in [3.63, 3.8) is 0 Å². The van der Waals surface area contributed by atoms with Gasteiger partial charge in [-0.15, -0.1) is 0 Å². The molecule has 0 heterocycles. The maximum Gasteiger partial charge on any atom is 0.305 e. The van der Waals surface area contributed by atoms with Crippen LogP contribution >= 0.6 is 0 Å². The van der Waals surface area contributed by atoms with Crippen molar-refractivity contribution in [2.75, 3.05) is 13.2 Å². The molecule has 3 N–H and O–H groups in total. The van der Waals surface area contributed by atoms with Crippen LogP contribution in [0.25, 0.3) is 0 Å². The highest BCUT2D eigenvalue weighted by atomic mass is 16.5. The molecule has 0 aromatic rings. The highest BCUT2D eigenvalue weighted by Crippen LogP contribution is 2.19. The molecule has 0 rings (SSSR count). The van der Waals surface area contributed by atoms with Gasteiger partial charge in [0.2, 0.25) is 5.91 Å². The Bertz CT molecular complexity index is 1010. The normalized spacial score (nSPS) is 12.5. The minimum absolute atomic E-state index is 0.0179. The molecular weight excluding hydrogens is 863 g/mol. The summed E-state index contributed by atoms with van der Waals surface area (Å²) >= 11 is 0. The van der Waals surface area contributed by atoms with Crippen LogP contribution in [-0.2, 0) is 14.3 Å². The first-order chi connectivity index (χ1) is 34.5. The van der Waals surface area contributed by atoms with Gasteiger partial charge in [-0.05, 0) is 25.7 Å². The van der Waals surface area contributed by atoms with E-state index in [1.54, 1.807) is 0 Å². The van der Waals surface area contributed by atoms with Crippen LogP contribution < -0.4 is 5.32 Å². The number of aliphatic hydroxyl groups excluding tert-OH is 2. The molecule has 6 heteroatoms. The van der Waals surface area contributed by atoms with Crippen LogP contribution in [0.1, 0.15) is 373 Å². The lowest BCUT2D eigenvalue weighted by Crippen LogP contribution is -2.45. The third-order valence-electron chi connectivity index (χ3n) is 15.4. The number of carbonyl (C=O) groups excluding carboxylic acids is 2. The van der Waals surface area contributed by atoms with Crippen molar-refractivity contribution in [1.29, 1.82) is 0 Å². The predicted octanol–water partition coefficient (Wildman–Crippen LogP) is 20.3. The summed E-state index contributed by atoms with van der Waals surface area (Å²) in [5.41, 5.74) is 0. The summed E-state index contributed by atoms with van der Waals surface area (Å²) < 4.78 is 5.51. The van der Waals surface area contributed by atoms with Gasteiger partial charge in [0.25, 0.3) is 0 Å². The summed E-state index contributed by atoms with van der Waals surface area (Å²) in [4.78, 5) is 24.6. The first-order valence-corrected chi connectivity index (χ1v) is 32.3. The molecule has 0 aromatic heterocycles. The second-order valence-corrected chi connectivity index (χ2v) is 22.5. The molecule has 1 amide bonds. The lowest BCUT2D eigenvalue weighted by Gasteiger charge is -2.22. The summed E-state index contributed by atoms with van der Waals surface area (Å²) in [7, 11) is 0. The number of rotatable bonds is 61. The van der Waals surface area contributed by atoms with Gasteiger partial charge in [-0.3, -0.25) is 9.59 Å². The lowest BCUT2D eigenvalue weighted by atomic mass is 10.0. The van der Waals surface area contributed by atoms with Gasteiger partial charge in [0.05, 0.1) is 25.4 Å². The number of amides is 1. The Balaban J connectivity index is 3.33. The zero-order chi connectivity index (χ0) is 50.7. The highest BCUT2D eigenvalue weighted by molar-refractivity contribution is 5.76. The SMILES string of the molecule is CCCCCCCCCCCCCCCCCCCCCC(=O)OCCCCCCCCCCCCCCCCCCCCCCCC(=O)NC(CO)C(O)CCCCCCCCCCCCCCC. The van der Waals surface area contributed by atoms with E-state index in [1.807, 2.05) is 0 Å². The standard InChI is InChI=1S/C64H127NO5/c1-3-5-7-9-11-13-15-17-18-19-23-27-30-34-38-42-46-50-54-58-64(69)70-59-55-51-47-43-39-35-31-28-25-22-20-21-24-26-29-33-37-41-45-49-53-57-63(68)65-61(60-66)62(67)56-52-48-44-40-36-32-16-14-12-10-8-6-4-2/h61-62,66-67H,3-60H2,1-2H3,(H,65,68). The van der Waals surface area contributed by atoms with Gasteiger partial charge < -0.3 is 20.3 Å². The van der Waals surface area contributed by atoms with E-state index in [0.29, 0.717) is 25.9 Å². The van der Waals surface area contributed by atoms with Gasteiger partial charge in [0, 0.05) is 12.8 Å². The minimum atomic E-state index is -0.663. The number of esters is 1. The summed E-state index contributed by atoms with van der Waals surface area (Å²) in [5, 5.41) is 23.3. The van der Waals surface area contributed by atoms with Crippen molar-refractivity contribution < 1.29 is 24.5 Å². The van der Waals surface area contributed by atoms with E-state index in [9.17, 15) is 19.8 Å². The first-order valence-electron chi connectivity index (χ1n) is 32.3. The molecule has 0 saturated carbocycles. The Morgan fingerprint density at radius 2 is 0.586 bits per heavy atom. The zero-order valence-corrected chi connectivity index (χ0v) is 47.8. The molecule has 0 aliphatic heterocycles. The summed E-state index contributed by atoms with van der Waals surface area (Å²) in [6, 6.07) is -0.540. The van der Waals surface area contributed by atoms with Crippen molar-refractivity contribution in [3.05, 3.63) is 0 Å². The fraction of sp³-hybridized carbons (Fsp3) is 0.969. The first kappa shape index (κ1) is 68.9. The number of carbonyl (C=O) groups is 2. The van der Waals surface area contributed by atoms with E-state index in [1.165, 1.54) is 302 Å². The molecule has 0 fully saturated rings. The van der Waals surface area contributed by atoms with Crippen LogP contribution in [-0.4, -0.2) is 47.4 Å². The Hall–Kier alpha value is -1.14. The molecule has 0 saturated heterocycles. The monoisotopic (exact) mass is 990 g/mol. The van der Waals surface area contributed by atoms with Crippen LogP contribution in [0.5, 0.6) is 0 Å². The average molecular weight is 991 g/mol. The van der Waals surface area contributed by atoms with Crippen LogP contribution in [0.4, 0.5) is 0 Å². The second kappa shape index (κ2) is 60.4. The lowest BCUT2D eigenvalue weighted by molar-refractivity contribution is -0.143. The van der Waals surface area contributed by atoms with Gasteiger partial charge in [-0.1, -0.05) is 335 Å². The van der Waals surface area contributed by atoms with Crippen LogP contribution in [0.3, 0.4) is 0 Å². The largest absolute Gasteiger partial charge is 0.466 e. The topological polar surface area (TPSA) is 95.9 Å². The molecule has 2 unspecified atom stereocenters. The van der Waals surface area contributed by atoms with Crippen molar-refractivity contribution in [2.24, 2.45) is 0 Å². The van der Waals surface area contributed by atoms with Crippen LogP contribution in [0.15, 0.2) is 0 Å². The number of ether oxygens (including phenoxy) is 1. The Morgan fingerprint density at radius 3 is 0.871 bits per heavy atom. The van der Waals surface area contributed by atoms with E-state index < -0.39 is 12.1 Å². The highest BCUT2D eigenvalue weighted by Gasteiger charge is 2.20. The summed E-state index contributed by atoms with van der Waals surface area (Å²) in [5.74, 6) is -0.0155. The Kier molecular flexibility index (Phi) is 59.4. The van der Waals surface area contributed by atoms with E-state index >= 15 is 0 Å². The average Bonchev–Trinajstić information content (AvgIpc) is 3.36. The number of unbranched alkanes of at least 4 members (excludes halogenated alkanes) is 50. The van der Waals surface area contributed by atoms with Gasteiger partial charge in [-0.25, -0.2) is 0 Å². The molecule has 0 aromatic carbocycles. The zero-order valence-electron chi connectivity index (χ0n) is 47.8. The van der Waals surface area contributed by atoms with Gasteiger partial charge >= 0.3 is 5.97 Å². The minimum Gasteiger partial charge on any atom is -0.466 e. The predicted molar refractivity (Wildman–Crippen MR) is 306 cm³/mol. The molecular formula is C64H127NO5. The van der Waals surface area contributed by atoms with Crippen LogP contribution in [0, 0.1) is 0 Å². The summed E-state index contributed by atoms with van der Waals surface area (Å²) in [6.07, 6.45) is 71.2. The van der Waals surface area contributed by atoms with Crippen molar-refractivity contribution in [2.45, 2.75) is 386 Å². The number of hydrogen-bond acceptors (Lipinski definition) is 5. The summed E-state index contributed by atoms with van der Waals surface area (Å²) in [6.45, 7) is 4.99. The van der Waals surface area contributed by atoms with Gasteiger partial charge in [0.1, 0.15) is 0 Å². The maximum absolute atomic E-state index is 12.5. The molecule has 2 atom stereocenters. The van der Waals surface area contributed by atoms with Gasteiger partial charge in [0.15, 0.2) is 0 Å². The number of nitrogens with one attached hydrogen (secondary N) is 1. The number of hydrogen-bond donors (Lipinski definition) is 3. The molecule has 0 spiro atoms. The molecule has 6 nitrogen and oxygen atoms in total. The molecule has 418 valence electrons. The molecule has 0 bridgehead atoms. The maximum atomic E-state index is 12.5. The second-order valence-electron chi connectivity index (χ2n) is 22.5. The van der Waals surface area contributed by atoms with E-state index in [-0.39, 0.29) is 18.5 Å². The molecule has 0 aliphatic rings. The van der Waals surface area contributed by atoms with E-state index in [4.69, 9.17) is 4.74 Å². The quantitative estimate of drug-likeness (QED) is 0.0417. The molecule has 0 radical (unpaired) electrons. The Morgan fingerprint density at radius 1 is 0.343 bits per heavy atom. The molecule has 70 heavy (non-hydrogen) atoms. The van der Waals surface area contributed by atoms with Crippen molar-refractivity contribution >= 4 is 11.9 Å². The number of aliphatic hydroxyl groups is 2. The van der Waals surface area contributed by atoms with E-state index in [2.05, 4.69) is 19.2 Å². The third kappa shape index (κ3) is 56.2. The van der Waals surface area contributed by atoms with Crippen molar-refractivity contribution in [3.8, 4) is 0 Å². The Labute approximate surface area is 438 Å². The van der Waals surface area contributed by atoms with Crippen LogP contribution in [0.2, 0.25) is 0 Å². The fourth-order valence-corrected chi connectivity index (χ4v) is 10.5. The van der Waals surface area contributed by atoms with Gasteiger partial charge in [-0.2, -0.15) is 0 Å². The smallest absolute Gasteiger partial charge is 0.305 e. The van der Waals surface area contributed by atoms with E-state index in [0.717, 1.165) is 38.5 Å². The van der Waals surface area contributed by atoms with Crippen molar-refractivity contribution in [1.82, 2.24) is 5.32 Å². The molecule has 0 aliphatic carbocycles. The fourth-order valence-electron chi connectivity index (χ4n) is 10.5. The third-order valence-corrected chi connectivity index (χ3v) is 15.4.